The van der Waals surface area contributed by atoms with E-state index in [2.05, 4.69) is 89.1 Å². The lowest BCUT2D eigenvalue weighted by Gasteiger charge is -2.21. The molecule has 4 unspecified atom stereocenters. The van der Waals surface area contributed by atoms with Crippen LogP contribution in [0.3, 0.4) is 0 Å². The summed E-state index contributed by atoms with van der Waals surface area (Å²) in [6.07, 6.45) is 34.3. The zero-order valence-electron chi connectivity index (χ0n) is 30.0. The molecule has 11 heteroatoms. The van der Waals surface area contributed by atoms with Gasteiger partial charge in [-0.15, -0.1) is 0 Å². The van der Waals surface area contributed by atoms with Crippen LogP contribution in [0.25, 0.3) is 0 Å². The highest BCUT2D eigenvalue weighted by atomic mass is 31.2. The Hall–Kier alpha value is -4.08. The smallest absolute Gasteiger partial charge is 0.330 e. The van der Waals surface area contributed by atoms with Crippen molar-refractivity contribution in [1.82, 2.24) is 20.0 Å². The average Bonchev–Trinajstić information content (AvgIpc) is 3.49. The number of aromatic nitrogens is 2. The maximum atomic E-state index is 12.4. The first kappa shape index (κ1) is 41.3. The van der Waals surface area contributed by atoms with Gasteiger partial charge in [0, 0.05) is 37.7 Å². The standard InChI is InChI=1S/C40H55N4O6P/c1-3-4-5-6-7-8-9-10-11-12-13-14-15-16-17-18-19-20-24-27-37(45)41-29-30-42-51(50-35-25-22-21-23-26-35)48-33-36-32-34(2)39(49-36)44-31-28-38(46)43-40(44)47/h4-5,7-8,10-11,13-14,16-17,19-23,25-26,28,31,34,36,39,42H,3,6,9,12,15,18,24,27,29-30,32-33H2,1-2H3,(H,41,45)(H,43,46,47)/b5-4-,8-7-,11-10-,14-13-,17-16-,20-19-. The molecule has 276 valence electrons. The number of nitrogens with one attached hydrogen (secondary N) is 3. The Morgan fingerprint density at radius 1 is 0.882 bits per heavy atom. The lowest BCUT2D eigenvalue weighted by molar-refractivity contribution is -0.120. The predicted octanol–water partition coefficient (Wildman–Crippen LogP) is 7.97. The molecule has 1 aromatic heterocycles. The molecule has 0 saturated carbocycles. The van der Waals surface area contributed by atoms with Crippen LogP contribution < -0.4 is 26.2 Å². The van der Waals surface area contributed by atoms with Crippen molar-refractivity contribution < 1.29 is 18.6 Å². The molecule has 1 aliphatic rings. The predicted molar refractivity (Wildman–Crippen MR) is 207 cm³/mol. The van der Waals surface area contributed by atoms with Crippen molar-refractivity contribution >= 4 is 14.4 Å². The van der Waals surface area contributed by atoms with Gasteiger partial charge in [-0.2, -0.15) is 0 Å². The van der Waals surface area contributed by atoms with E-state index in [0.29, 0.717) is 38.1 Å². The van der Waals surface area contributed by atoms with Crippen LogP contribution in [0.5, 0.6) is 5.75 Å². The molecule has 0 bridgehead atoms. The van der Waals surface area contributed by atoms with E-state index in [1.165, 1.54) is 16.8 Å². The summed E-state index contributed by atoms with van der Waals surface area (Å²) < 4.78 is 19.7. The Morgan fingerprint density at radius 3 is 2.10 bits per heavy atom. The summed E-state index contributed by atoms with van der Waals surface area (Å²) in [4.78, 5) is 38.4. The number of aromatic amines is 1. The summed E-state index contributed by atoms with van der Waals surface area (Å²) in [5, 5.41) is 6.21. The zero-order chi connectivity index (χ0) is 36.4. The molecule has 3 N–H and O–H groups in total. The van der Waals surface area contributed by atoms with Gasteiger partial charge in [0.2, 0.25) is 5.91 Å². The third-order valence-electron chi connectivity index (χ3n) is 7.71. The number of ether oxygens (including phenoxy) is 1. The Morgan fingerprint density at radius 2 is 1.49 bits per heavy atom. The van der Waals surface area contributed by atoms with Gasteiger partial charge in [0.1, 0.15) is 12.0 Å². The van der Waals surface area contributed by atoms with E-state index in [-0.39, 0.29) is 24.5 Å². The van der Waals surface area contributed by atoms with Crippen LogP contribution in [-0.2, 0) is 14.1 Å². The van der Waals surface area contributed by atoms with Crippen molar-refractivity contribution in [1.29, 1.82) is 0 Å². The molecule has 1 amide bonds. The second kappa shape index (κ2) is 25.8. The van der Waals surface area contributed by atoms with Crippen molar-refractivity contribution in [2.24, 2.45) is 5.92 Å². The molecule has 3 rings (SSSR count). The minimum absolute atomic E-state index is 0.0116. The summed E-state index contributed by atoms with van der Waals surface area (Å²) in [5.41, 5.74) is -0.950. The average molecular weight is 719 g/mol. The number of nitrogens with zero attached hydrogens (tertiary/aromatic N) is 1. The third kappa shape index (κ3) is 18.1. The minimum Gasteiger partial charge on any atom is -0.436 e. The molecule has 1 aromatic carbocycles. The van der Waals surface area contributed by atoms with E-state index >= 15 is 0 Å². The van der Waals surface area contributed by atoms with Crippen molar-refractivity contribution in [2.45, 2.75) is 84.0 Å². The normalized spacial score (nSPS) is 18.7. The molecule has 51 heavy (non-hydrogen) atoms. The van der Waals surface area contributed by atoms with E-state index in [0.717, 1.165) is 38.5 Å². The van der Waals surface area contributed by atoms with Crippen LogP contribution in [0.4, 0.5) is 0 Å². The quantitative estimate of drug-likeness (QED) is 0.0572. The van der Waals surface area contributed by atoms with Gasteiger partial charge in [-0.25, -0.2) is 9.88 Å². The Balaban J connectivity index is 1.27. The van der Waals surface area contributed by atoms with Gasteiger partial charge in [-0.05, 0) is 63.5 Å². The summed E-state index contributed by atoms with van der Waals surface area (Å²) in [6.45, 7) is 5.28. The first-order chi connectivity index (χ1) is 25.0. The van der Waals surface area contributed by atoms with Gasteiger partial charge in [0.25, 0.3) is 5.56 Å². The summed E-state index contributed by atoms with van der Waals surface area (Å²) in [6, 6.07) is 10.7. The molecular formula is C40H55N4O6P. The van der Waals surface area contributed by atoms with Gasteiger partial charge < -0.3 is 19.1 Å². The highest BCUT2D eigenvalue weighted by molar-refractivity contribution is 7.45. The van der Waals surface area contributed by atoms with E-state index < -0.39 is 26.0 Å². The molecule has 1 saturated heterocycles. The number of para-hydroxylation sites is 1. The van der Waals surface area contributed by atoms with Crippen LogP contribution in [0.1, 0.15) is 77.9 Å². The Kier molecular flexibility index (Phi) is 20.9. The maximum absolute atomic E-state index is 12.4. The van der Waals surface area contributed by atoms with Gasteiger partial charge >= 0.3 is 14.2 Å². The van der Waals surface area contributed by atoms with Crippen molar-refractivity contribution in [3.8, 4) is 5.75 Å². The van der Waals surface area contributed by atoms with Gasteiger partial charge in [0.15, 0.2) is 0 Å². The Labute approximate surface area is 304 Å². The lowest BCUT2D eigenvalue weighted by atomic mass is 10.1. The van der Waals surface area contributed by atoms with E-state index in [1.54, 1.807) is 0 Å². The van der Waals surface area contributed by atoms with E-state index in [1.807, 2.05) is 43.3 Å². The summed E-state index contributed by atoms with van der Waals surface area (Å²) in [5.74, 6) is 0.692. The largest absolute Gasteiger partial charge is 0.436 e. The number of benzene rings is 1. The highest BCUT2D eigenvalue weighted by Gasteiger charge is 2.35. The minimum atomic E-state index is -1.53. The maximum Gasteiger partial charge on any atom is 0.330 e. The van der Waals surface area contributed by atoms with E-state index in [4.69, 9.17) is 13.8 Å². The van der Waals surface area contributed by atoms with Gasteiger partial charge in [-0.1, -0.05) is 105 Å². The SMILES string of the molecule is CC/C=C\C/C=C\C/C=C\C/C=C\C/C=C\C/C=C\CCC(=O)NCCNP(OCC1CC(C)C(n2ccc(=O)[nH]c2=O)O1)Oc1ccccc1. The van der Waals surface area contributed by atoms with Crippen LogP contribution in [0.2, 0.25) is 0 Å². The number of hydrogen-bond donors (Lipinski definition) is 3. The number of rotatable bonds is 24. The fourth-order valence-corrected chi connectivity index (χ4v) is 6.23. The fraction of sp³-hybridized carbons (Fsp3) is 0.425. The monoisotopic (exact) mass is 718 g/mol. The third-order valence-corrected chi connectivity index (χ3v) is 8.95. The van der Waals surface area contributed by atoms with E-state index in [9.17, 15) is 14.4 Å². The first-order valence-corrected chi connectivity index (χ1v) is 19.2. The lowest BCUT2D eigenvalue weighted by Crippen LogP contribution is -2.33. The number of carbonyl (C=O) groups excluding carboxylic acids is 1. The van der Waals surface area contributed by atoms with Crippen molar-refractivity contribution in [3.63, 3.8) is 0 Å². The molecule has 0 aliphatic carbocycles. The van der Waals surface area contributed by atoms with Crippen LogP contribution in [-0.4, -0.2) is 41.3 Å². The zero-order valence-corrected chi connectivity index (χ0v) is 30.9. The van der Waals surface area contributed by atoms with Crippen LogP contribution in [0.15, 0.2) is 125 Å². The second-order valence-corrected chi connectivity index (χ2v) is 13.3. The van der Waals surface area contributed by atoms with Gasteiger partial charge in [-0.3, -0.25) is 19.1 Å². The Bertz CT molecular complexity index is 1560. The molecule has 0 radical (unpaired) electrons. The summed E-state index contributed by atoms with van der Waals surface area (Å²) >= 11 is 0. The topological polar surface area (TPSA) is 124 Å². The second-order valence-electron chi connectivity index (χ2n) is 12.0. The molecule has 1 fully saturated rings. The summed E-state index contributed by atoms with van der Waals surface area (Å²) in [7, 11) is -1.53. The molecule has 10 nitrogen and oxygen atoms in total. The van der Waals surface area contributed by atoms with Crippen LogP contribution >= 0.6 is 8.53 Å². The number of allylic oxidation sites excluding steroid dienone is 12. The number of H-pyrrole nitrogens is 1. The molecule has 1 aliphatic heterocycles. The number of hydrogen-bond acceptors (Lipinski definition) is 7. The fourth-order valence-electron chi connectivity index (χ4n) is 5.12. The van der Waals surface area contributed by atoms with Crippen molar-refractivity contribution in [3.05, 3.63) is 136 Å². The van der Waals surface area contributed by atoms with Crippen molar-refractivity contribution in [2.75, 3.05) is 19.7 Å². The van der Waals surface area contributed by atoms with Gasteiger partial charge in [0.05, 0.1) is 12.7 Å². The number of carbonyl (C=O) groups is 1. The molecular weight excluding hydrogens is 663 g/mol. The number of amides is 1. The van der Waals surface area contributed by atoms with Crippen LogP contribution in [0, 0.1) is 5.92 Å². The molecule has 4 atom stereocenters. The first-order valence-electron chi connectivity index (χ1n) is 18.0. The molecule has 0 spiro atoms. The highest BCUT2D eigenvalue weighted by Crippen LogP contribution is 2.38. The molecule has 2 heterocycles. The molecule has 2 aromatic rings.